The Morgan fingerprint density at radius 1 is 1.65 bits per heavy atom. The van der Waals surface area contributed by atoms with Crippen LogP contribution in [-0.4, -0.2) is 17.7 Å². The van der Waals surface area contributed by atoms with E-state index in [-0.39, 0.29) is 17.9 Å². The number of rotatable bonds is 4. The molecule has 0 aliphatic carbocycles. The Bertz CT molecular complexity index is 452. The molecule has 92 valence electrons. The number of phenolic OH excluding ortho intramolecular Hbond substituents is 1. The monoisotopic (exact) mass is 298 g/mol. The second-order valence-corrected chi connectivity index (χ2v) is 4.43. The van der Waals surface area contributed by atoms with Crippen LogP contribution in [0, 0.1) is 6.92 Å². The molecule has 3 nitrogen and oxygen atoms in total. The van der Waals surface area contributed by atoms with E-state index in [9.17, 15) is 9.90 Å². The molecule has 0 aromatic heterocycles. The van der Waals surface area contributed by atoms with Gasteiger partial charge in [0.1, 0.15) is 11.3 Å². The first-order valence-electron chi connectivity index (χ1n) is 5.31. The second-order valence-electron chi connectivity index (χ2n) is 3.58. The molecule has 0 unspecified atom stereocenters. The quantitative estimate of drug-likeness (QED) is 0.685. The van der Waals surface area contributed by atoms with E-state index in [2.05, 4.69) is 22.5 Å². The summed E-state index contributed by atoms with van der Waals surface area (Å²) in [6.07, 6.45) is 2.17. The molecule has 1 N–H and O–H groups in total. The van der Waals surface area contributed by atoms with Gasteiger partial charge >= 0.3 is 5.97 Å². The Morgan fingerprint density at radius 3 is 2.82 bits per heavy atom. The SMILES string of the molecule is C=CCc1cc(Br)c(C)c(C(=O)OCC)c1O. The molecular weight excluding hydrogens is 284 g/mol. The number of hydrogen-bond acceptors (Lipinski definition) is 3. The van der Waals surface area contributed by atoms with Crippen molar-refractivity contribution in [2.75, 3.05) is 6.61 Å². The topological polar surface area (TPSA) is 46.5 Å². The van der Waals surface area contributed by atoms with Crippen molar-refractivity contribution in [2.45, 2.75) is 20.3 Å². The maximum atomic E-state index is 11.8. The average molecular weight is 299 g/mol. The highest BCUT2D eigenvalue weighted by molar-refractivity contribution is 9.10. The fourth-order valence-corrected chi connectivity index (χ4v) is 2.03. The molecule has 0 heterocycles. The lowest BCUT2D eigenvalue weighted by molar-refractivity contribution is 0.0522. The average Bonchev–Trinajstić information content (AvgIpc) is 2.27. The molecule has 17 heavy (non-hydrogen) atoms. The van der Waals surface area contributed by atoms with Crippen LogP contribution < -0.4 is 0 Å². The van der Waals surface area contributed by atoms with Crippen molar-refractivity contribution in [3.8, 4) is 5.75 Å². The number of aromatic hydroxyl groups is 1. The normalized spacial score (nSPS) is 10.1. The maximum absolute atomic E-state index is 11.8. The zero-order valence-corrected chi connectivity index (χ0v) is 11.5. The van der Waals surface area contributed by atoms with Crippen molar-refractivity contribution < 1.29 is 14.6 Å². The lowest BCUT2D eigenvalue weighted by atomic mass is 10.0. The fraction of sp³-hybridized carbons (Fsp3) is 0.308. The van der Waals surface area contributed by atoms with Crippen molar-refractivity contribution in [2.24, 2.45) is 0 Å². The van der Waals surface area contributed by atoms with E-state index in [4.69, 9.17) is 4.74 Å². The summed E-state index contributed by atoms with van der Waals surface area (Å²) in [7, 11) is 0. The van der Waals surface area contributed by atoms with Crippen molar-refractivity contribution in [1.82, 2.24) is 0 Å². The Balaban J connectivity index is 3.35. The molecular formula is C13H15BrO3. The summed E-state index contributed by atoms with van der Waals surface area (Å²) in [5, 5.41) is 10.1. The number of esters is 1. The molecule has 0 spiro atoms. The van der Waals surface area contributed by atoms with Gasteiger partial charge in [0, 0.05) is 4.47 Å². The summed E-state index contributed by atoms with van der Waals surface area (Å²) in [5.74, 6) is -0.529. The molecule has 0 radical (unpaired) electrons. The fourth-order valence-electron chi connectivity index (χ4n) is 1.55. The minimum atomic E-state index is -0.505. The number of carbonyl (C=O) groups excluding carboxylic acids is 1. The third-order valence-electron chi connectivity index (χ3n) is 2.42. The first-order valence-corrected chi connectivity index (χ1v) is 6.11. The number of allylic oxidation sites excluding steroid dienone is 1. The van der Waals surface area contributed by atoms with Crippen molar-refractivity contribution in [3.63, 3.8) is 0 Å². The van der Waals surface area contributed by atoms with E-state index >= 15 is 0 Å². The maximum Gasteiger partial charge on any atom is 0.342 e. The smallest absolute Gasteiger partial charge is 0.342 e. The Morgan fingerprint density at radius 2 is 2.29 bits per heavy atom. The predicted octanol–water partition coefficient (Wildman–Crippen LogP) is 3.37. The minimum absolute atomic E-state index is 0.0240. The molecule has 4 heteroatoms. The van der Waals surface area contributed by atoms with Crippen LogP contribution in [0.1, 0.15) is 28.4 Å². The van der Waals surface area contributed by atoms with Gasteiger partial charge in [-0.3, -0.25) is 0 Å². The van der Waals surface area contributed by atoms with Crippen LogP contribution in [0.5, 0.6) is 5.75 Å². The summed E-state index contributed by atoms with van der Waals surface area (Å²) in [6.45, 7) is 7.38. The largest absolute Gasteiger partial charge is 0.507 e. The zero-order valence-electron chi connectivity index (χ0n) is 9.92. The van der Waals surface area contributed by atoms with E-state index in [1.165, 1.54) is 0 Å². The van der Waals surface area contributed by atoms with Gasteiger partial charge < -0.3 is 9.84 Å². The number of carbonyl (C=O) groups is 1. The van der Waals surface area contributed by atoms with Crippen LogP contribution in [0.15, 0.2) is 23.2 Å². The third-order valence-corrected chi connectivity index (χ3v) is 3.24. The molecule has 1 aromatic carbocycles. The van der Waals surface area contributed by atoms with Crippen LogP contribution >= 0.6 is 15.9 Å². The van der Waals surface area contributed by atoms with Crippen LogP contribution in [0.4, 0.5) is 0 Å². The van der Waals surface area contributed by atoms with Gasteiger partial charge in [-0.05, 0) is 37.5 Å². The number of phenols is 1. The summed E-state index contributed by atoms with van der Waals surface area (Å²) in [4.78, 5) is 11.8. The summed E-state index contributed by atoms with van der Waals surface area (Å²) in [5.41, 5.74) is 1.55. The molecule has 0 fully saturated rings. The Kier molecular flexibility index (Phi) is 4.75. The van der Waals surface area contributed by atoms with Gasteiger partial charge in [0.15, 0.2) is 0 Å². The number of benzene rings is 1. The second kappa shape index (κ2) is 5.87. The van der Waals surface area contributed by atoms with Crippen LogP contribution in [0.3, 0.4) is 0 Å². The van der Waals surface area contributed by atoms with E-state index in [1.807, 2.05) is 0 Å². The molecule has 0 aliphatic heterocycles. The van der Waals surface area contributed by atoms with Crippen LogP contribution in [-0.2, 0) is 11.2 Å². The molecule has 0 aliphatic rings. The zero-order chi connectivity index (χ0) is 13.0. The summed E-state index contributed by atoms with van der Waals surface area (Å²) >= 11 is 3.37. The Labute approximate surface area is 109 Å². The predicted molar refractivity (Wildman–Crippen MR) is 70.4 cm³/mol. The van der Waals surface area contributed by atoms with Crippen molar-refractivity contribution in [3.05, 3.63) is 39.9 Å². The number of ether oxygens (including phenoxy) is 1. The van der Waals surface area contributed by atoms with Gasteiger partial charge in [-0.25, -0.2) is 4.79 Å². The van der Waals surface area contributed by atoms with Crippen molar-refractivity contribution >= 4 is 21.9 Å². The molecule has 0 atom stereocenters. The van der Waals surface area contributed by atoms with Gasteiger partial charge in [0.2, 0.25) is 0 Å². The molecule has 0 bridgehead atoms. The first kappa shape index (κ1) is 13.8. The molecule has 0 saturated heterocycles. The van der Waals surface area contributed by atoms with E-state index in [0.29, 0.717) is 17.5 Å². The van der Waals surface area contributed by atoms with Crippen LogP contribution in [0.25, 0.3) is 0 Å². The first-order chi connectivity index (χ1) is 8.02. The molecule has 0 amide bonds. The molecule has 1 rings (SSSR count). The minimum Gasteiger partial charge on any atom is -0.507 e. The summed E-state index contributed by atoms with van der Waals surface area (Å²) < 4.78 is 5.71. The lowest BCUT2D eigenvalue weighted by Crippen LogP contribution is -2.08. The van der Waals surface area contributed by atoms with Gasteiger partial charge in [-0.1, -0.05) is 22.0 Å². The highest BCUT2D eigenvalue weighted by Crippen LogP contribution is 2.32. The van der Waals surface area contributed by atoms with Gasteiger partial charge in [-0.15, -0.1) is 6.58 Å². The van der Waals surface area contributed by atoms with E-state index in [1.54, 1.807) is 26.0 Å². The van der Waals surface area contributed by atoms with Gasteiger partial charge in [-0.2, -0.15) is 0 Å². The van der Waals surface area contributed by atoms with Gasteiger partial charge in [0.25, 0.3) is 0 Å². The van der Waals surface area contributed by atoms with E-state index < -0.39 is 5.97 Å². The van der Waals surface area contributed by atoms with Gasteiger partial charge in [0.05, 0.1) is 6.61 Å². The third kappa shape index (κ3) is 2.88. The highest BCUT2D eigenvalue weighted by atomic mass is 79.9. The molecule has 0 saturated carbocycles. The Hall–Kier alpha value is -1.29. The number of halogens is 1. The van der Waals surface area contributed by atoms with Crippen molar-refractivity contribution in [1.29, 1.82) is 0 Å². The highest BCUT2D eigenvalue weighted by Gasteiger charge is 2.20. The lowest BCUT2D eigenvalue weighted by Gasteiger charge is -2.12. The summed E-state index contributed by atoms with van der Waals surface area (Å²) in [6, 6.07) is 1.79. The van der Waals surface area contributed by atoms with Crippen LogP contribution in [0.2, 0.25) is 0 Å². The standard InChI is InChI=1S/C13H15BrO3/c1-4-6-9-7-10(14)8(3)11(12(9)15)13(16)17-5-2/h4,7,15H,1,5-6H2,2-3H3. The van der Waals surface area contributed by atoms with E-state index in [0.717, 1.165) is 4.47 Å². The number of hydrogen-bond donors (Lipinski definition) is 1. The molecule has 1 aromatic rings.